The number of nitrogens with one attached hydrogen (secondary N) is 2. The summed E-state index contributed by atoms with van der Waals surface area (Å²) < 4.78 is 0. The molecule has 0 bridgehead atoms. The summed E-state index contributed by atoms with van der Waals surface area (Å²) in [7, 11) is 0. The number of benzene rings is 1. The molecule has 1 aromatic carbocycles. The molecule has 18 heavy (non-hydrogen) atoms. The van der Waals surface area contributed by atoms with Crippen LogP contribution in [0.3, 0.4) is 0 Å². The fourth-order valence-electron chi connectivity index (χ4n) is 1.30. The zero-order valence-electron chi connectivity index (χ0n) is 11.4. The summed E-state index contributed by atoms with van der Waals surface area (Å²) in [5.74, 6) is 0. The van der Waals surface area contributed by atoms with Gasteiger partial charge in [0.25, 0.3) is 0 Å². The predicted molar refractivity (Wildman–Crippen MR) is 76.3 cm³/mol. The Balaban J connectivity index is 2.60. The Morgan fingerprint density at radius 2 is 2.00 bits per heavy atom. The van der Waals surface area contributed by atoms with Crippen molar-refractivity contribution in [3.8, 4) is 0 Å². The van der Waals surface area contributed by atoms with Gasteiger partial charge in [0, 0.05) is 6.20 Å². The number of carbonyl (C=O) groups is 1. The number of urea groups is 1. The first-order chi connectivity index (χ1) is 8.28. The second kappa shape index (κ2) is 5.58. The maximum absolute atomic E-state index is 11.6. The molecular weight excluding hydrogens is 226 g/mol. The van der Waals surface area contributed by atoms with Gasteiger partial charge in [-0.2, -0.15) is 0 Å². The van der Waals surface area contributed by atoms with Crippen molar-refractivity contribution in [3.05, 3.63) is 36.0 Å². The molecule has 0 aliphatic carbocycles. The quantitative estimate of drug-likeness (QED) is 0.702. The van der Waals surface area contributed by atoms with Crippen molar-refractivity contribution in [1.82, 2.24) is 5.32 Å². The van der Waals surface area contributed by atoms with Gasteiger partial charge in [0.2, 0.25) is 0 Å². The lowest BCUT2D eigenvalue weighted by Gasteiger charge is -2.12. The Morgan fingerprint density at radius 3 is 2.61 bits per heavy atom. The zero-order chi connectivity index (χ0) is 13.8. The van der Waals surface area contributed by atoms with Crippen molar-refractivity contribution in [2.24, 2.45) is 5.41 Å². The Morgan fingerprint density at radius 1 is 1.33 bits per heavy atom. The van der Waals surface area contributed by atoms with Gasteiger partial charge in [0.15, 0.2) is 0 Å². The molecule has 2 amide bonds. The average molecular weight is 247 g/mol. The van der Waals surface area contributed by atoms with Crippen molar-refractivity contribution in [2.45, 2.75) is 27.7 Å². The minimum absolute atomic E-state index is 0.0373. The zero-order valence-corrected chi connectivity index (χ0v) is 11.4. The molecule has 0 radical (unpaired) electrons. The number of hydrogen-bond donors (Lipinski definition) is 3. The highest BCUT2D eigenvalue weighted by molar-refractivity contribution is 5.93. The molecule has 1 aromatic rings. The summed E-state index contributed by atoms with van der Waals surface area (Å²) in [6.45, 7) is 8.12. The Kier molecular flexibility index (Phi) is 4.37. The minimum atomic E-state index is -0.298. The molecule has 0 saturated carbocycles. The van der Waals surface area contributed by atoms with Crippen LogP contribution in [0.4, 0.5) is 16.2 Å². The molecule has 1 rings (SSSR count). The van der Waals surface area contributed by atoms with Gasteiger partial charge in [-0.1, -0.05) is 32.9 Å². The van der Waals surface area contributed by atoms with Crippen LogP contribution in [0.5, 0.6) is 0 Å². The first kappa shape index (κ1) is 14.1. The van der Waals surface area contributed by atoms with Gasteiger partial charge < -0.3 is 16.4 Å². The largest absolute Gasteiger partial charge is 0.397 e. The third-order valence-electron chi connectivity index (χ3n) is 2.25. The number of hydrogen-bond acceptors (Lipinski definition) is 2. The molecule has 0 aromatic heterocycles. The SMILES string of the molecule is Cc1ccc(N)c(NC(=O)N/C=C/C(C)(C)C)c1. The predicted octanol–water partition coefficient (Wildman–Crippen LogP) is 3.26. The topological polar surface area (TPSA) is 67.1 Å². The summed E-state index contributed by atoms with van der Waals surface area (Å²) in [6.07, 6.45) is 3.56. The molecule has 0 saturated heterocycles. The maximum Gasteiger partial charge on any atom is 0.323 e. The van der Waals surface area contributed by atoms with Gasteiger partial charge >= 0.3 is 6.03 Å². The third-order valence-corrected chi connectivity index (χ3v) is 2.25. The van der Waals surface area contributed by atoms with Gasteiger partial charge in [-0.25, -0.2) is 4.79 Å². The van der Waals surface area contributed by atoms with Crippen LogP contribution in [0.25, 0.3) is 0 Å². The van der Waals surface area contributed by atoms with Crippen LogP contribution >= 0.6 is 0 Å². The van der Waals surface area contributed by atoms with Crippen molar-refractivity contribution in [2.75, 3.05) is 11.1 Å². The number of carbonyl (C=O) groups excluding carboxylic acids is 1. The first-order valence-corrected chi connectivity index (χ1v) is 5.89. The minimum Gasteiger partial charge on any atom is -0.397 e. The highest BCUT2D eigenvalue weighted by atomic mass is 16.2. The lowest BCUT2D eigenvalue weighted by molar-refractivity contribution is 0.255. The molecule has 0 atom stereocenters. The van der Waals surface area contributed by atoms with E-state index in [9.17, 15) is 4.79 Å². The van der Waals surface area contributed by atoms with E-state index < -0.39 is 0 Å². The maximum atomic E-state index is 11.6. The van der Waals surface area contributed by atoms with Crippen LogP contribution < -0.4 is 16.4 Å². The van der Waals surface area contributed by atoms with Crippen molar-refractivity contribution in [1.29, 1.82) is 0 Å². The second-order valence-electron chi connectivity index (χ2n) is 5.39. The third kappa shape index (κ3) is 4.91. The fourth-order valence-corrected chi connectivity index (χ4v) is 1.30. The molecule has 4 heteroatoms. The van der Waals surface area contributed by atoms with E-state index >= 15 is 0 Å². The van der Waals surface area contributed by atoms with Crippen LogP contribution in [0.2, 0.25) is 0 Å². The van der Waals surface area contributed by atoms with E-state index in [1.165, 1.54) is 0 Å². The highest BCUT2D eigenvalue weighted by Gasteiger charge is 2.05. The smallest absolute Gasteiger partial charge is 0.323 e. The molecule has 0 aliphatic heterocycles. The molecular formula is C14H21N3O. The van der Waals surface area contributed by atoms with Crippen molar-refractivity contribution in [3.63, 3.8) is 0 Å². The number of rotatable bonds is 2. The lowest BCUT2D eigenvalue weighted by Crippen LogP contribution is -2.24. The number of anilines is 2. The van der Waals surface area contributed by atoms with Gasteiger partial charge in [0.05, 0.1) is 11.4 Å². The van der Waals surface area contributed by atoms with Crippen LogP contribution in [-0.2, 0) is 0 Å². The number of aryl methyl sites for hydroxylation is 1. The summed E-state index contributed by atoms with van der Waals surface area (Å²) >= 11 is 0. The standard InChI is InChI=1S/C14H21N3O/c1-10-5-6-11(15)12(9-10)17-13(18)16-8-7-14(2,3)4/h5-9H,15H2,1-4H3,(H2,16,17,18)/b8-7+. The normalized spacial score (nSPS) is 11.6. The van der Waals surface area contributed by atoms with Gasteiger partial charge in [-0.05, 0) is 30.0 Å². The molecule has 4 nitrogen and oxygen atoms in total. The van der Waals surface area contributed by atoms with Crippen LogP contribution in [-0.4, -0.2) is 6.03 Å². The Bertz CT molecular complexity index is 459. The van der Waals surface area contributed by atoms with E-state index in [2.05, 4.69) is 31.4 Å². The molecule has 98 valence electrons. The molecule has 0 aliphatic rings. The number of allylic oxidation sites excluding steroid dienone is 1. The number of amides is 2. The van der Waals surface area contributed by atoms with Gasteiger partial charge in [-0.3, -0.25) is 0 Å². The summed E-state index contributed by atoms with van der Waals surface area (Å²) in [6, 6.07) is 5.21. The van der Waals surface area contributed by atoms with Gasteiger partial charge in [-0.15, -0.1) is 0 Å². The van der Waals surface area contributed by atoms with E-state index in [0.29, 0.717) is 11.4 Å². The Labute approximate surface area is 108 Å². The molecule has 0 unspecified atom stereocenters. The van der Waals surface area contributed by atoms with Crippen LogP contribution in [0.15, 0.2) is 30.5 Å². The monoisotopic (exact) mass is 247 g/mol. The molecule has 0 spiro atoms. The lowest BCUT2D eigenvalue weighted by atomic mass is 9.97. The molecule has 4 N–H and O–H groups in total. The molecule has 0 heterocycles. The fraction of sp³-hybridized carbons (Fsp3) is 0.357. The first-order valence-electron chi connectivity index (χ1n) is 5.89. The number of nitrogens with two attached hydrogens (primary N) is 1. The highest BCUT2D eigenvalue weighted by Crippen LogP contribution is 2.19. The van der Waals surface area contributed by atoms with Crippen LogP contribution in [0.1, 0.15) is 26.3 Å². The summed E-state index contributed by atoms with van der Waals surface area (Å²) in [5.41, 5.74) is 8.03. The average Bonchev–Trinajstić information content (AvgIpc) is 2.21. The van der Waals surface area contributed by atoms with Crippen molar-refractivity contribution >= 4 is 17.4 Å². The molecule has 0 fully saturated rings. The summed E-state index contributed by atoms with van der Waals surface area (Å²) in [5, 5.41) is 5.36. The van der Waals surface area contributed by atoms with E-state index in [-0.39, 0.29) is 11.4 Å². The Hall–Kier alpha value is -1.97. The second-order valence-corrected chi connectivity index (χ2v) is 5.39. The summed E-state index contributed by atoms with van der Waals surface area (Å²) in [4.78, 5) is 11.6. The van der Waals surface area contributed by atoms with Crippen LogP contribution in [0, 0.1) is 12.3 Å². The van der Waals surface area contributed by atoms with Crippen molar-refractivity contribution < 1.29 is 4.79 Å². The van der Waals surface area contributed by atoms with E-state index in [4.69, 9.17) is 5.73 Å². The van der Waals surface area contributed by atoms with E-state index in [1.54, 1.807) is 12.3 Å². The van der Waals surface area contributed by atoms with E-state index in [1.807, 2.05) is 25.1 Å². The number of nitrogen functional groups attached to an aromatic ring is 1. The van der Waals surface area contributed by atoms with E-state index in [0.717, 1.165) is 5.56 Å². The van der Waals surface area contributed by atoms with Gasteiger partial charge in [0.1, 0.15) is 0 Å².